The topological polar surface area (TPSA) is 58.2 Å². The van der Waals surface area contributed by atoms with Crippen LogP contribution in [0.5, 0.6) is 0 Å². The van der Waals surface area contributed by atoms with Crippen LogP contribution < -0.4 is 10.6 Å². The Hall–Kier alpha value is -2.99. The molecule has 1 heterocycles. The summed E-state index contributed by atoms with van der Waals surface area (Å²) in [5.41, 5.74) is 2.38. The zero-order valence-corrected chi connectivity index (χ0v) is 17.1. The summed E-state index contributed by atoms with van der Waals surface area (Å²) in [6.07, 6.45) is 0. The third-order valence-corrected chi connectivity index (χ3v) is 5.50. The summed E-state index contributed by atoms with van der Waals surface area (Å²) in [7, 11) is 0. The summed E-state index contributed by atoms with van der Waals surface area (Å²) in [5, 5.41) is 7.48. The molecule has 1 aromatic heterocycles. The molecule has 2 amide bonds. The van der Waals surface area contributed by atoms with Gasteiger partial charge in [-0.3, -0.25) is 9.59 Å². The van der Waals surface area contributed by atoms with Crippen molar-refractivity contribution < 1.29 is 14.0 Å². The number of carbonyl (C=O) groups excluding carboxylic acids is 2. The Kier molecular flexibility index (Phi) is 6.77. The summed E-state index contributed by atoms with van der Waals surface area (Å²) < 4.78 is 13.3. The van der Waals surface area contributed by atoms with Crippen LogP contribution in [0.4, 0.5) is 4.39 Å². The van der Waals surface area contributed by atoms with Crippen molar-refractivity contribution in [1.29, 1.82) is 0 Å². The minimum atomic E-state index is -0.496. The molecule has 0 aliphatic carbocycles. The van der Waals surface area contributed by atoms with E-state index < -0.39 is 11.7 Å². The summed E-state index contributed by atoms with van der Waals surface area (Å²) in [4.78, 5) is 25.6. The number of halogens is 1. The molecular formula is C23H23FN2O2S. The number of carbonyl (C=O) groups is 2. The van der Waals surface area contributed by atoms with Crippen LogP contribution in [0.1, 0.15) is 52.2 Å². The van der Waals surface area contributed by atoms with Crippen molar-refractivity contribution in [2.75, 3.05) is 6.54 Å². The predicted molar refractivity (Wildman–Crippen MR) is 114 cm³/mol. The molecule has 150 valence electrons. The average Bonchev–Trinajstić information content (AvgIpc) is 3.25. The number of thiophene rings is 1. The Bertz CT molecular complexity index is 969. The minimum absolute atomic E-state index is 0.178. The molecule has 2 aromatic carbocycles. The number of hydrogen-bond donors (Lipinski definition) is 2. The van der Waals surface area contributed by atoms with E-state index in [1.807, 2.05) is 29.6 Å². The molecule has 4 nitrogen and oxygen atoms in total. The fraction of sp³-hybridized carbons (Fsp3) is 0.217. The second kappa shape index (κ2) is 9.47. The molecule has 2 N–H and O–H groups in total. The van der Waals surface area contributed by atoms with Gasteiger partial charge in [-0.25, -0.2) is 4.39 Å². The number of rotatable bonds is 7. The van der Waals surface area contributed by atoms with E-state index in [-0.39, 0.29) is 24.1 Å². The Balaban J connectivity index is 1.68. The van der Waals surface area contributed by atoms with Crippen LogP contribution in [0.25, 0.3) is 0 Å². The molecule has 0 radical (unpaired) electrons. The molecule has 0 saturated carbocycles. The molecule has 0 fully saturated rings. The van der Waals surface area contributed by atoms with E-state index in [4.69, 9.17) is 0 Å². The quantitative estimate of drug-likeness (QED) is 0.596. The standard InChI is InChI=1S/C23H23FN2O2S/c1-15(2)16-8-10-17(11-9-16)22(20-7-4-12-29-20)26-21(27)14-25-23(28)18-5-3-6-19(24)13-18/h3-13,15,22H,14H2,1-2H3,(H,25,28)(H,26,27). The SMILES string of the molecule is CC(C)c1ccc(C(NC(=O)CNC(=O)c2cccc(F)c2)c2cccs2)cc1. The highest BCUT2D eigenvalue weighted by Crippen LogP contribution is 2.27. The molecule has 1 unspecified atom stereocenters. The lowest BCUT2D eigenvalue weighted by atomic mass is 9.98. The fourth-order valence-electron chi connectivity index (χ4n) is 2.95. The lowest BCUT2D eigenvalue weighted by Gasteiger charge is -2.19. The lowest BCUT2D eigenvalue weighted by Crippen LogP contribution is -2.38. The first-order chi connectivity index (χ1) is 13.9. The Morgan fingerprint density at radius 3 is 2.34 bits per heavy atom. The third-order valence-electron chi connectivity index (χ3n) is 4.57. The van der Waals surface area contributed by atoms with E-state index in [1.165, 1.54) is 23.8 Å². The van der Waals surface area contributed by atoms with Gasteiger partial charge in [-0.05, 0) is 46.7 Å². The molecule has 0 aliphatic heterocycles. The Morgan fingerprint density at radius 2 is 1.72 bits per heavy atom. The summed E-state index contributed by atoms with van der Waals surface area (Å²) in [5.74, 6) is -0.878. The van der Waals surface area contributed by atoms with Crippen LogP contribution in [0, 0.1) is 5.82 Å². The molecule has 29 heavy (non-hydrogen) atoms. The average molecular weight is 411 g/mol. The first kappa shape index (κ1) is 20.7. The lowest BCUT2D eigenvalue weighted by molar-refractivity contribution is -0.120. The number of benzene rings is 2. The maximum Gasteiger partial charge on any atom is 0.251 e. The van der Waals surface area contributed by atoms with Crippen LogP contribution in [-0.2, 0) is 4.79 Å². The molecule has 0 saturated heterocycles. The summed E-state index contributed by atoms with van der Waals surface area (Å²) in [6, 6.07) is 17.1. The van der Waals surface area contributed by atoms with Gasteiger partial charge in [0.15, 0.2) is 0 Å². The van der Waals surface area contributed by atoms with Gasteiger partial charge in [-0.2, -0.15) is 0 Å². The van der Waals surface area contributed by atoms with Gasteiger partial charge in [-0.1, -0.05) is 50.2 Å². The van der Waals surface area contributed by atoms with Crippen LogP contribution in [0.15, 0.2) is 66.0 Å². The molecule has 0 spiro atoms. The highest BCUT2D eigenvalue weighted by atomic mass is 32.1. The van der Waals surface area contributed by atoms with Crippen LogP contribution in [0.3, 0.4) is 0 Å². The van der Waals surface area contributed by atoms with Crippen LogP contribution in [-0.4, -0.2) is 18.4 Å². The zero-order valence-electron chi connectivity index (χ0n) is 16.3. The van der Waals surface area contributed by atoms with Crippen LogP contribution >= 0.6 is 11.3 Å². The number of amides is 2. The minimum Gasteiger partial charge on any atom is -0.343 e. The summed E-state index contributed by atoms with van der Waals surface area (Å²) in [6.45, 7) is 4.07. The Labute approximate surface area is 173 Å². The van der Waals surface area contributed by atoms with Crippen LogP contribution in [0.2, 0.25) is 0 Å². The van der Waals surface area contributed by atoms with E-state index in [2.05, 4.69) is 36.6 Å². The first-order valence-corrected chi connectivity index (χ1v) is 10.3. The smallest absolute Gasteiger partial charge is 0.251 e. The maximum atomic E-state index is 13.3. The number of nitrogens with one attached hydrogen (secondary N) is 2. The molecule has 3 aromatic rings. The van der Waals surface area contributed by atoms with E-state index in [1.54, 1.807) is 11.3 Å². The highest BCUT2D eigenvalue weighted by molar-refractivity contribution is 7.10. The van der Waals surface area contributed by atoms with Gasteiger partial charge in [0.1, 0.15) is 5.82 Å². The van der Waals surface area contributed by atoms with Crippen molar-refractivity contribution in [2.24, 2.45) is 0 Å². The van der Waals surface area contributed by atoms with E-state index in [9.17, 15) is 14.0 Å². The molecule has 3 rings (SSSR count). The van der Waals surface area contributed by atoms with Gasteiger partial charge in [0.2, 0.25) is 5.91 Å². The van der Waals surface area contributed by atoms with Crippen molar-refractivity contribution in [3.8, 4) is 0 Å². The van der Waals surface area contributed by atoms with E-state index in [0.29, 0.717) is 5.92 Å². The van der Waals surface area contributed by atoms with Crippen molar-refractivity contribution in [2.45, 2.75) is 25.8 Å². The highest BCUT2D eigenvalue weighted by Gasteiger charge is 2.19. The monoisotopic (exact) mass is 410 g/mol. The Morgan fingerprint density at radius 1 is 1.00 bits per heavy atom. The van der Waals surface area contributed by atoms with Gasteiger partial charge in [0.05, 0.1) is 12.6 Å². The van der Waals surface area contributed by atoms with E-state index >= 15 is 0 Å². The van der Waals surface area contributed by atoms with Crippen molar-refractivity contribution >= 4 is 23.2 Å². The van der Waals surface area contributed by atoms with Gasteiger partial charge in [0, 0.05) is 10.4 Å². The van der Waals surface area contributed by atoms with Gasteiger partial charge >= 0.3 is 0 Å². The first-order valence-electron chi connectivity index (χ1n) is 9.40. The van der Waals surface area contributed by atoms with Gasteiger partial charge in [0.25, 0.3) is 5.91 Å². The van der Waals surface area contributed by atoms with Crippen molar-refractivity contribution in [1.82, 2.24) is 10.6 Å². The molecule has 0 bridgehead atoms. The summed E-state index contributed by atoms with van der Waals surface area (Å²) >= 11 is 1.56. The molecule has 6 heteroatoms. The van der Waals surface area contributed by atoms with Crippen molar-refractivity contribution in [3.05, 3.63) is 93.4 Å². The molecule has 1 atom stereocenters. The van der Waals surface area contributed by atoms with Gasteiger partial charge in [-0.15, -0.1) is 11.3 Å². The second-order valence-corrected chi connectivity index (χ2v) is 8.01. The fourth-order valence-corrected chi connectivity index (χ4v) is 3.75. The zero-order chi connectivity index (χ0) is 20.8. The van der Waals surface area contributed by atoms with E-state index in [0.717, 1.165) is 16.5 Å². The third kappa shape index (κ3) is 5.51. The maximum absolute atomic E-state index is 13.3. The second-order valence-electron chi connectivity index (χ2n) is 7.03. The largest absolute Gasteiger partial charge is 0.343 e. The van der Waals surface area contributed by atoms with Crippen molar-refractivity contribution in [3.63, 3.8) is 0 Å². The molecule has 0 aliphatic rings. The van der Waals surface area contributed by atoms with Gasteiger partial charge < -0.3 is 10.6 Å². The normalized spacial score (nSPS) is 11.9. The number of hydrogen-bond acceptors (Lipinski definition) is 3. The predicted octanol–water partition coefficient (Wildman–Crippen LogP) is 4.65. The molecular weight excluding hydrogens is 387 g/mol.